The number of likely N-dealkylation sites (N-methyl/N-ethyl adjacent to an activating group) is 1. The standard InChI is InChI=1S/C18H32N2O/c1-4-13(2)19-11-17(21)20(3)12-18-8-14-5-15(9-18)7-16(6-14)10-18/h13-16,19H,4-12H2,1-3H3. The maximum Gasteiger partial charge on any atom is 0.236 e. The molecule has 4 aliphatic carbocycles. The minimum absolute atomic E-state index is 0.269. The quantitative estimate of drug-likeness (QED) is 0.816. The van der Waals surface area contributed by atoms with E-state index in [2.05, 4.69) is 19.2 Å². The number of hydrogen-bond acceptors (Lipinski definition) is 2. The minimum atomic E-state index is 0.269. The molecule has 4 saturated carbocycles. The fourth-order valence-corrected chi connectivity index (χ4v) is 5.62. The Bertz CT molecular complexity index is 357. The predicted octanol–water partition coefficient (Wildman–Crippen LogP) is 3.05. The topological polar surface area (TPSA) is 32.3 Å². The van der Waals surface area contributed by atoms with Gasteiger partial charge in [-0.2, -0.15) is 0 Å². The Kier molecular flexibility index (Phi) is 4.31. The van der Waals surface area contributed by atoms with Crippen LogP contribution in [0.5, 0.6) is 0 Å². The molecule has 0 spiro atoms. The minimum Gasteiger partial charge on any atom is -0.344 e. The van der Waals surface area contributed by atoms with Crippen molar-refractivity contribution in [3.8, 4) is 0 Å². The Balaban J connectivity index is 1.54. The average molecular weight is 292 g/mol. The molecule has 1 atom stereocenters. The Morgan fingerprint density at radius 2 is 1.71 bits per heavy atom. The molecule has 0 aromatic heterocycles. The lowest BCUT2D eigenvalue weighted by Gasteiger charge is -2.57. The first-order chi connectivity index (χ1) is 9.99. The zero-order chi connectivity index (χ0) is 15.0. The van der Waals surface area contributed by atoms with E-state index < -0.39 is 0 Å². The van der Waals surface area contributed by atoms with Gasteiger partial charge in [-0.1, -0.05) is 6.92 Å². The van der Waals surface area contributed by atoms with Crippen molar-refractivity contribution in [2.75, 3.05) is 20.1 Å². The van der Waals surface area contributed by atoms with Gasteiger partial charge in [0, 0.05) is 19.6 Å². The Labute approximate surface area is 129 Å². The molecule has 1 amide bonds. The summed E-state index contributed by atoms with van der Waals surface area (Å²) in [6.45, 7) is 5.79. The highest BCUT2D eigenvalue weighted by Crippen LogP contribution is 2.60. The third-order valence-electron chi connectivity index (χ3n) is 6.38. The van der Waals surface area contributed by atoms with Crippen LogP contribution >= 0.6 is 0 Å². The van der Waals surface area contributed by atoms with Gasteiger partial charge in [0.1, 0.15) is 0 Å². The van der Waals surface area contributed by atoms with Crippen LogP contribution in [0.2, 0.25) is 0 Å². The van der Waals surface area contributed by atoms with Crippen molar-refractivity contribution in [2.24, 2.45) is 23.2 Å². The summed E-state index contributed by atoms with van der Waals surface area (Å²) in [6, 6.07) is 0.432. The van der Waals surface area contributed by atoms with Crippen molar-refractivity contribution in [3.05, 3.63) is 0 Å². The van der Waals surface area contributed by atoms with E-state index in [1.165, 1.54) is 38.5 Å². The van der Waals surface area contributed by atoms with Crippen LogP contribution < -0.4 is 5.32 Å². The van der Waals surface area contributed by atoms with E-state index in [1.54, 1.807) is 0 Å². The number of amides is 1. The van der Waals surface area contributed by atoms with Crippen molar-refractivity contribution in [1.29, 1.82) is 0 Å². The molecule has 21 heavy (non-hydrogen) atoms. The zero-order valence-corrected chi connectivity index (χ0v) is 14.0. The highest BCUT2D eigenvalue weighted by molar-refractivity contribution is 5.78. The Morgan fingerprint density at radius 1 is 1.19 bits per heavy atom. The van der Waals surface area contributed by atoms with Crippen LogP contribution in [0.15, 0.2) is 0 Å². The monoisotopic (exact) mass is 292 g/mol. The molecule has 4 rings (SSSR count). The summed E-state index contributed by atoms with van der Waals surface area (Å²) in [7, 11) is 2.01. The van der Waals surface area contributed by atoms with Crippen molar-refractivity contribution < 1.29 is 4.79 Å². The van der Waals surface area contributed by atoms with Crippen LogP contribution in [-0.2, 0) is 4.79 Å². The Morgan fingerprint density at radius 3 is 2.19 bits per heavy atom. The summed E-state index contributed by atoms with van der Waals surface area (Å²) in [5.74, 6) is 3.18. The number of carbonyl (C=O) groups is 1. The van der Waals surface area contributed by atoms with Gasteiger partial charge in [-0.3, -0.25) is 4.79 Å². The van der Waals surface area contributed by atoms with Crippen molar-refractivity contribution >= 4 is 5.91 Å². The third kappa shape index (κ3) is 3.28. The van der Waals surface area contributed by atoms with E-state index in [-0.39, 0.29) is 5.91 Å². The van der Waals surface area contributed by atoms with Gasteiger partial charge < -0.3 is 10.2 Å². The van der Waals surface area contributed by atoms with E-state index in [0.717, 1.165) is 30.7 Å². The van der Waals surface area contributed by atoms with Gasteiger partial charge in [0.25, 0.3) is 0 Å². The molecular formula is C18H32N2O. The van der Waals surface area contributed by atoms with Gasteiger partial charge in [-0.05, 0) is 75.0 Å². The molecule has 0 aromatic carbocycles. The largest absolute Gasteiger partial charge is 0.344 e. The first-order valence-electron chi connectivity index (χ1n) is 8.97. The second kappa shape index (κ2) is 5.91. The summed E-state index contributed by atoms with van der Waals surface area (Å²) in [4.78, 5) is 14.4. The van der Waals surface area contributed by atoms with Gasteiger partial charge in [-0.15, -0.1) is 0 Å². The van der Waals surface area contributed by atoms with E-state index in [0.29, 0.717) is 18.0 Å². The summed E-state index contributed by atoms with van der Waals surface area (Å²) in [5, 5.41) is 3.33. The molecule has 120 valence electrons. The molecule has 0 heterocycles. The van der Waals surface area contributed by atoms with Crippen LogP contribution in [-0.4, -0.2) is 37.0 Å². The maximum atomic E-state index is 12.4. The maximum absolute atomic E-state index is 12.4. The molecule has 1 N–H and O–H groups in total. The highest BCUT2D eigenvalue weighted by atomic mass is 16.2. The van der Waals surface area contributed by atoms with E-state index in [9.17, 15) is 4.79 Å². The van der Waals surface area contributed by atoms with Crippen molar-refractivity contribution in [2.45, 2.75) is 64.8 Å². The van der Waals surface area contributed by atoms with Crippen LogP contribution in [0.3, 0.4) is 0 Å². The fourth-order valence-electron chi connectivity index (χ4n) is 5.62. The lowest BCUT2D eigenvalue weighted by molar-refractivity contribution is -0.134. The van der Waals surface area contributed by atoms with Crippen LogP contribution in [0.4, 0.5) is 0 Å². The number of carbonyl (C=O) groups excluding carboxylic acids is 1. The van der Waals surface area contributed by atoms with Crippen LogP contribution in [0.1, 0.15) is 58.8 Å². The highest BCUT2D eigenvalue weighted by Gasteiger charge is 2.51. The summed E-state index contributed by atoms with van der Waals surface area (Å²) in [5.41, 5.74) is 0.468. The lowest BCUT2D eigenvalue weighted by atomic mass is 9.49. The van der Waals surface area contributed by atoms with Gasteiger partial charge in [0.05, 0.1) is 6.54 Å². The number of hydrogen-bond donors (Lipinski definition) is 1. The number of rotatable bonds is 6. The molecule has 4 fully saturated rings. The molecular weight excluding hydrogens is 260 g/mol. The van der Waals surface area contributed by atoms with E-state index >= 15 is 0 Å². The van der Waals surface area contributed by atoms with E-state index in [1.807, 2.05) is 11.9 Å². The predicted molar refractivity (Wildman–Crippen MR) is 86.0 cm³/mol. The molecule has 3 nitrogen and oxygen atoms in total. The zero-order valence-electron chi connectivity index (χ0n) is 14.0. The number of nitrogens with zero attached hydrogens (tertiary/aromatic N) is 1. The van der Waals surface area contributed by atoms with Gasteiger partial charge >= 0.3 is 0 Å². The first-order valence-corrected chi connectivity index (χ1v) is 8.97. The first kappa shape index (κ1) is 15.3. The molecule has 0 aliphatic heterocycles. The average Bonchev–Trinajstić information content (AvgIpc) is 2.42. The molecule has 0 saturated heterocycles. The number of nitrogens with one attached hydrogen (secondary N) is 1. The summed E-state index contributed by atoms with van der Waals surface area (Å²) >= 11 is 0. The van der Waals surface area contributed by atoms with Gasteiger partial charge in [0.2, 0.25) is 5.91 Å². The second-order valence-electron chi connectivity index (χ2n) is 8.36. The molecule has 3 heteroatoms. The molecule has 4 aliphatic rings. The van der Waals surface area contributed by atoms with Gasteiger partial charge in [-0.25, -0.2) is 0 Å². The molecule has 1 unspecified atom stereocenters. The van der Waals surface area contributed by atoms with Crippen molar-refractivity contribution in [3.63, 3.8) is 0 Å². The SMILES string of the molecule is CCC(C)NCC(=O)N(C)CC12CC3CC(CC(C3)C1)C2. The lowest BCUT2D eigenvalue weighted by Crippen LogP contribution is -2.52. The van der Waals surface area contributed by atoms with Crippen LogP contribution in [0.25, 0.3) is 0 Å². The van der Waals surface area contributed by atoms with E-state index in [4.69, 9.17) is 0 Å². The van der Waals surface area contributed by atoms with Crippen LogP contribution in [0, 0.1) is 23.2 Å². The molecule has 0 radical (unpaired) electrons. The summed E-state index contributed by atoms with van der Waals surface area (Å²) < 4.78 is 0. The molecule has 0 aromatic rings. The third-order valence-corrected chi connectivity index (χ3v) is 6.38. The molecule has 4 bridgehead atoms. The van der Waals surface area contributed by atoms with Crippen molar-refractivity contribution in [1.82, 2.24) is 10.2 Å². The normalized spacial score (nSPS) is 38.5. The smallest absolute Gasteiger partial charge is 0.236 e. The fraction of sp³-hybridized carbons (Fsp3) is 0.944. The second-order valence-corrected chi connectivity index (χ2v) is 8.36. The van der Waals surface area contributed by atoms with Gasteiger partial charge in [0.15, 0.2) is 0 Å². The summed E-state index contributed by atoms with van der Waals surface area (Å²) in [6.07, 6.45) is 9.66. The Hall–Kier alpha value is -0.570.